The minimum Gasteiger partial charge on any atom is -0.465 e. The van der Waals surface area contributed by atoms with Gasteiger partial charge in [0, 0.05) is 12.6 Å². The number of benzene rings is 2. The second-order valence-corrected chi connectivity index (χ2v) is 9.59. The highest BCUT2D eigenvalue weighted by Crippen LogP contribution is 2.38. The Morgan fingerprint density at radius 3 is 2.59 bits per heavy atom. The molecule has 0 aliphatic carbocycles. The molecule has 15 heteroatoms. The van der Waals surface area contributed by atoms with Crippen LogP contribution in [0.5, 0.6) is 0 Å². The molecule has 1 saturated heterocycles. The average Bonchev–Trinajstić information content (AvgIpc) is 3.35. The van der Waals surface area contributed by atoms with E-state index in [2.05, 4.69) is 15.3 Å². The highest BCUT2D eigenvalue weighted by atomic mass is 35.5. The summed E-state index contributed by atoms with van der Waals surface area (Å²) >= 11 is 6.43. The second kappa shape index (κ2) is 11.0. The van der Waals surface area contributed by atoms with Gasteiger partial charge in [-0.05, 0) is 30.7 Å². The van der Waals surface area contributed by atoms with Gasteiger partial charge in [0.15, 0.2) is 5.82 Å². The molecule has 2 amide bonds. The van der Waals surface area contributed by atoms with Crippen LogP contribution in [-0.4, -0.2) is 55.8 Å². The van der Waals surface area contributed by atoms with Gasteiger partial charge in [-0.1, -0.05) is 35.9 Å². The summed E-state index contributed by atoms with van der Waals surface area (Å²) in [4.78, 5) is 52.1. The number of carboxylic acid groups (broad SMARTS) is 1. The molecule has 5 rings (SSSR count). The molecule has 208 valence electrons. The average molecular weight is 575 g/mol. The summed E-state index contributed by atoms with van der Waals surface area (Å²) in [5.74, 6) is -0.490. The molecule has 1 aliphatic heterocycles. The SMILES string of the molecule is N#Cc1c(N)nc(N)nc1N1C[C@H](NC(=O)CNC(=O)O)C[C@H]1c1nc2cccc(Cl)c2c(=O)n1-c1ccccc1. The van der Waals surface area contributed by atoms with Gasteiger partial charge in [-0.2, -0.15) is 15.2 Å². The fourth-order valence-electron chi connectivity index (χ4n) is 4.91. The first-order valence-electron chi connectivity index (χ1n) is 12.3. The zero-order valence-electron chi connectivity index (χ0n) is 21.3. The van der Waals surface area contributed by atoms with E-state index in [9.17, 15) is 19.6 Å². The minimum absolute atomic E-state index is 0.0406. The molecule has 2 atom stereocenters. The second-order valence-electron chi connectivity index (χ2n) is 9.18. The Balaban J connectivity index is 1.71. The van der Waals surface area contributed by atoms with Crippen LogP contribution >= 0.6 is 11.6 Å². The van der Waals surface area contributed by atoms with Gasteiger partial charge < -0.3 is 32.1 Å². The third-order valence-electron chi connectivity index (χ3n) is 6.57. The maximum absolute atomic E-state index is 14.0. The highest BCUT2D eigenvalue weighted by Gasteiger charge is 2.40. The zero-order chi connectivity index (χ0) is 29.3. The van der Waals surface area contributed by atoms with Crippen LogP contribution in [0.3, 0.4) is 0 Å². The summed E-state index contributed by atoms with van der Waals surface area (Å²) in [5.41, 5.74) is 12.3. The van der Waals surface area contributed by atoms with Crippen LogP contribution in [0.25, 0.3) is 16.6 Å². The van der Waals surface area contributed by atoms with Crippen molar-refractivity contribution in [1.82, 2.24) is 30.2 Å². The Morgan fingerprint density at radius 1 is 1.12 bits per heavy atom. The van der Waals surface area contributed by atoms with Gasteiger partial charge in [0.25, 0.3) is 5.56 Å². The Morgan fingerprint density at radius 2 is 1.88 bits per heavy atom. The van der Waals surface area contributed by atoms with Gasteiger partial charge in [0.1, 0.15) is 23.3 Å². The van der Waals surface area contributed by atoms with Crippen molar-refractivity contribution in [3.05, 3.63) is 75.3 Å². The number of nitrogens with two attached hydrogens (primary N) is 2. The largest absolute Gasteiger partial charge is 0.465 e. The summed E-state index contributed by atoms with van der Waals surface area (Å²) in [6.07, 6.45) is -1.14. The topological polar surface area (TPSA) is 218 Å². The molecule has 1 fully saturated rings. The summed E-state index contributed by atoms with van der Waals surface area (Å²) < 4.78 is 1.43. The number of fused-ring (bicyclic) bond motifs is 1. The van der Waals surface area contributed by atoms with Crippen molar-refractivity contribution < 1.29 is 14.7 Å². The normalized spacial score (nSPS) is 16.3. The van der Waals surface area contributed by atoms with Gasteiger partial charge in [0.2, 0.25) is 11.9 Å². The molecule has 4 aromatic rings. The standard InChI is InChI=1S/C26H23ClN10O4/c27-16-7-4-8-17-20(16)24(39)37(14-5-2-1-3-6-14)23(33-17)18-9-13(32-19(38)11-31-26(40)41)12-36(18)22-15(10-28)21(29)34-25(30)35-22/h1-8,13,18,31H,9,11-12H2,(H,32,38)(H,40,41)(H4,29,30,34,35)/t13-,18+/m1/s1. The number of carbonyl (C=O) groups is 2. The van der Waals surface area contributed by atoms with Crippen LogP contribution < -0.4 is 32.6 Å². The molecule has 2 aromatic carbocycles. The minimum atomic E-state index is -1.34. The molecule has 7 N–H and O–H groups in total. The van der Waals surface area contributed by atoms with Crippen LogP contribution in [0.2, 0.25) is 5.02 Å². The first-order chi connectivity index (χ1) is 19.7. The van der Waals surface area contributed by atoms with Crippen molar-refractivity contribution in [1.29, 1.82) is 5.26 Å². The van der Waals surface area contributed by atoms with Crippen molar-refractivity contribution in [2.75, 3.05) is 29.5 Å². The molecular weight excluding hydrogens is 552 g/mol. The number of amides is 2. The van der Waals surface area contributed by atoms with Gasteiger partial charge >= 0.3 is 6.09 Å². The summed E-state index contributed by atoms with van der Waals surface area (Å²) in [6, 6.07) is 14.5. The zero-order valence-corrected chi connectivity index (χ0v) is 22.0. The Kier molecular flexibility index (Phi) is 7.28. The smallest absolute Gasteiger partial charge is 0.405 e. The molecule has 2 aromatic heterocycles. The number of carbonyl (C=O) groups excluding carboxylic acids is 1. The Labute approximate surface area is 237 Å². The number of nitriles is 1. The molecule has 0 spiro atoms. The quantitative estimate of drug-likeness (QED) is 0.222. The molecule has 41 heavy (non-hydrogen) atoms. The molecule has 3 heterocycles. The molecule has 0 saturated carbocycles. The van der Waals surface area contributed by atoms with E-state index < -0.39 is 36.2 Å². The van der Waals surface area contributed by atoms with E-state index >= 15 is 0 Å². The molecular formula is C26H23ClN10O4. The number of nitrogen functional groups attached to an aromatic ring is 2. The first-order valence-corrected chi connectivity index (χ1v) is 12.7. The van der Waals surface area contributed by atoms with E-state index in [1.165, 1.54) is 4.57 Å². The highest BCUT2D eigenvalue weighted by molar-refractivity contribution is 6.35. The third-order valence-corrected chi connectivity index (χ3v) is 6.89. The lowest BCUT2D eigenvalue weighted by Gasteiger charge is -2.28. The first kappa shape index (κ1) is 27.2. The predicted molar refractivity (Wildman–Crippen MR) is 151 cm³/mol. The van der Waals surface area contributed by atoms with Gasteiger partial charge in [-0.25, -0.2) is 9.78 Å². The van der Waals surface area contributed by atoms with Gasteiger partial charge in [-0.3, -0.25) is 14.2 Å². The predicted octanol–water partition coefficient (Wildman–Crippen LogP) is 1.57. The maximum Gasteiger partial charge on any atom is 0.405 e. The number of aromatic nitrogens is 4. The Bertz CT molecular complexity index is 1770. The summed E-state index contributed by atoms with van der Waals surface area (Å²) in [6.45, 7) is -0.360. The lowest BCUT2D eigenvalue weighted by atomic mass is 10.1. The van der Waals surface area contributed by atoms with Gasteiger partial charge in [-0.15, -0.1) is 0 Å². The molecule has 0 unspecified atom stereocenters. The fourth-order valence-corrected chi connectivity index (χ4v) is 5.16. The van der Waals surface area contributed by atoms with Crippen molar-refractivity contribution in [3.63, 3.8) is 0 Å². The van der Waals surface area contributed by atoms with Crippen molar-refractivity contribution in [2.45, 2.75) is 18.5 Å². The molecule has 1 aliphatic rings. The Hall–Kier alpha value is -5.42. The number of para-hydroxylation sites is 1. The van der Waals surface area contributed by atoms with Crippen LogP contribution in [0.15, 0.2) is 53.3 Å². The van der Waals surface area contributed by atoms with E-state index in [0.29, 0.717) is 11.2 Å². The van der Waals surface area contributed by atoms with Crippen LogP contribution in [0.1, 0.15) is 23.9 Å². The van der Waals surface area contributed by atoms with Gasteiger partial charge in [0.05, 0.1) is 34.2 Å². The molecule has 14 nitrogen and oxygen atoms in total. The van der Waals surface area contributed by atoms with E-state index in [0.717, 1.165) is 0 Å². The van der Waals surface area contributed by atoms with Crippen molar-refractivity contribution in [2.24, 2.45) is 0 Å². The molecule has 0 bridgehead atoms. The third kappa shape index (κ3) is 5.25. The van der Waals surface area contributed by atoms with E-state index in [1.54, 1.807) is 53.4 Å². The lowest BCUT2D eigenvalue weighted by molar-refractivity contribution is -0.120. The number of rotatable bonds is 6. The molecule has 0 radical (unpaired) electrons. The fraction of sp³-hybridized carbons (Fsp3) is 0.192. The lowest BCUT2D eigenvalue weighted by Crippen LogP contribution is -2.43. The van der Waals surface area contributed by atoms with Crippen molar-refractivity contribution >= 4 is 52.1 Å². The number of nitrogens with zero attached hydrogens (tertiary/aromatic N) is 6. The van der Waals surface area contributed by atoms with E-state index in [1.807, 2.05) is 11.4 Å². The summed E-state index contributed by atoms with van der Waals surface area (Å²) in [7, 11) is 0. The van der Waals surface area contributed by atoms with E-state index in [4.69, 9.17) is 33.2 Å². The van der Waals surface area contributed by atoms with E-state index in [-0.39, 0.29) is 52.3 Å². The number of hydrogen-bond donors (Lipinski definition) is 5. The summed E-state index contributed by atoms with van der Waals surface area (Å²) in [5, 5.41) is 24.0. The van der Waals surface area contributed by atoms with Crippen molar-refractivity contribution in [3.8, 4) is 11.8 Å². The maximum atomic E-state index is 14.0. The number of halogens is 1. The number of nitrogens with one attached hydrogen (secondary N) is 2. The monoisotopic (exact) mass is 574 g/mol. The van der Waals surface area contributed by atoms with Crippen LogP contribution in [-0.2, 0) is 4.79 Å². The number of hydrogen-bond acceptors (Lipinski definition) is 10. The van der Waals surface area contributed by atoms with Crippen LogP contribution in [0, 0.1) is 11.3 Å². The number of anilines is 3. The van der Waals surface area contributed by atoms with Crippen LogP contribution in [0.4, 0.5) is 22.4 Å².